The van der Waals surface area contributed by atoms with Crippen LogP contribution in [-0.4, -0.2) is 96.7 Å². The van der Waals surface area contributed by atoms with Gasteiger partial charge >= 0.3 is 39.5 Å². The van der Waals surface area contributed by atoms with E-state index in [9.17, 15) is 43.2 Å². The van der Waals surface area contributed by atoms with Crippen molar-refractivity contribution in [3.63, 3.8) is 0 Å². The van der Waals surface area contributed by atoms with Gasteiger partial charge in [0.1, 0.15) is 19.3 Å². The van der Waals surface area contributed by atoms with Gasteiger partial charge in [-0.3, -0.25) is 37.3 Å². The van der Waals surface area contributed by atoms with Crippen LogP contribution in [0.5, 0.6) is 0 Å². The summed E-state index contributed by atoms with van der Waals surface area (Å²) >= 11 is 0. The predicted octanol–water partition coefficient (Wildman–Crippen LogP) is 24.3. The van der Waals surface area contributed by atoms with Crippen molar-refractivity contribution < 1.29 is 80.2 Å². The summed E-state index contributed by atoms with van der Waals surface area (Å²) in [5.74, 6) is -0.520. The van der Waals surface area contributed by atoms with Crippen LogP contribution in [0.15, 0.2) is 0 Å². The van der Waals surface area contributed by atoms with Crippen molar-refractivity contribution in [1.29, 1.82) is 0 Å². The number of hydrogen-bond acceptors (Lipinski definition) is 15. The van der Waals surface area contributed by atoms with E-state index >= 15 is 0 Å². The van der Waals surface area contributed by atoms with Crippen LogP contribution in [-0.2, 0) is 65.4 Å². The summed E-state index contributed by atoms with van der Waals surface area (Å²) in [6.45, 7) is 9.66. The molecule has 0 aliphatic heterocycles. The van der Waals surface area contributed by atoms with Crippen LogP contribution in [0.25, 0.3) is 0 Å². The highest BCUT2D eigenvalue weighted by Gasteiger charge is 2.30. The number of esters is 4. The van der Waals surface area contributed by atoms with Gasteiger partial charge < -0.3 is 33.8 Å². The first-order valence-corrected chi connectivity index (χ1v) is 45.0. The summed E-state index contributed by atoms with van der Waals surface area (Å²) < 4.78 is 68.7. The van der Waals surface area contributed by atoms with Gasteiger partial charge in [0, 0.05) is 25.7 Å². The number of rotatable bonds is 80. The summed E-state index contributed by atoms with van der Waals surface area (Å²) in [4.78, 5) is 73.0. The van der Waals surface area contributed by atoms with Gasteiger partial charge in [-0.25, -0.2) is 9.13 Å². The second-order valence-electron chi connectivity index (χ2n) is 29.9. The minimum Gasteiger partial charge on any atom is -0.462 e. The van der Waals surface area contributed by atoms with Crippen LogP contribution in [0.3, 0.4) is 0 Å². The number of unbranched alkanes of at least 4 members (excludes halogenated alkanes) is 49. The van der Waals surface area contributed by atoms with Crippen molar-refractivity contribution in [2.45, 2.75) is 445 Å². The quantitative estimate of drug-likeness (QED) is 0.0222. The molecule has 19 heteroatoms. The van der Waals surface area contributed by atoms with Gasteiger partial charge in [-0.2, -0.15) is 0 Å². The highest BCUT2D eigenvalue weighted by Crippen LogP contribution is 2.45. The van der Waals surface area contributed by atoms with E-state index in [0.717, 1.165) is 102 Å². The highest BCUT2D eigenvalue weighted by molar-refractivity contribution is 7.47. The van der Waals surface area contributed by atoms with Crippen LogP contribution in [0, 0.1) is 11.8 Å². The molecule has 0 aromatic carbocycles. The standard InChI is InChI=1S/C81H158O17P2/c1-7-10-12-14-16-18-20-21-22-25-29-32-35-39-46-52-58-64-79(84)92-69-76(97-80(85)65-59-53-47-40-36-33-30-27-24-23-26-28-31-34-37-43-49-55-61-73(4)5)71-95-99(87,88)93-67-75(82)68-94-100(89,90)96-72-77(70-91-78(83)63-57-51-45-38-19-17-15-13-11-8-2)98-81(86)66-60-54-48-42-41-44-50-56-62-74(6)9-3/h73-77,82H,7-72H2,1-6H3,(H,87,88)(H,89,90)/t74?,75-,76-,77-/m1/s1. The van der Waals surface area contributed by atoms with Crippen molar-refractivity contribution in [2.24, 2.45) is 11.8 Å². The Hall–Kier alpha value is -1.94. The first-order chi connectivity index (χ1) is 48.4. The molecule has 0 aromatic heterocycles. The van der Waals surface area contributed by atoms with Gasteiger partial charge in [-0.05, 0) is 37.5 Å². The molecule has 17 nitrogen and oxygen atoms in total. The summed E-state index contributed by atoms with van der Waals surface area (Å²) in [6, 6.07) is 0. The molecule has 0 saturated heterocycles. The zero-order valence-electron chi connectivity index (χ0n) is 65.5. The third-order valence-corrected chi connectivity index (χ3v) is 21.2. The maximum atomic E-state index is 13.1. The first-order valence-electron chi connectivity index (χ1n) is 42.0. The Morgan fingerprint density at radius 1 is 0.290 bits per heavy atom. The van der Waals surface area contributed by atoms with E-state index in [1.165, 1.54) is 244 Å². The fourth-order valence-electron chi connectivity index (χ4n) is 12.5. The number of phosphoric acid groups is 2. The lowest BCUT2D eigenvalue weighted by Gasteiger charge is -2.21. The SMILES string of the molecule is CCCCCCCCCCCCCCCCCCCC(=O)OC[C@H](COP(=O)(O)OC[C@@H](O)COP(=O)(O)OC[C@@H](COC(=O)CCCCCCCCCCCC)OC(=O)CCCCCCCCCCC(C)CC)OC(=O)CCCCCCCCCCCCCCCCCCCCC(C)C. The van der Waals surface area contributed by atoms with E-state index in [4.69, 9.17) is 37.0 Å². The Morgan fingerprint density at radius 2 is 0.510 bits per heavy atom. The average Bonchev–Trinajstić information content (AvgIpc) is 0.927. The zero-order chi connectivity index (χ0) is 73.5. The highest BCUT2D eigenvalue weighted by atomic mass is 31.2. The van der Waals surface area contributed by atoms with Gasteiger partial charge in [-0.15, -0.1) is 0 Å². The number of carbonyl (C=O) groups excluding carboxylic acids is 4. The van der Waals surface area contributed by atoms with Crippen LogP contribution in [0.4, 0.5) is 0 Å². The van der Waals surface area contributed by atoms with Gasteiger partial charge in [0.15, 0.2) is 12.2 Å². The maximum Gasteiger partial charge on any atom is 0.472 e. The lowest BCUT2D eigenvalue weighted by Crippen LogP contribution is -2.30. The molecule has 6 atom stereocenters. The minimum absolute atomic E-state index is 0.105. The molecule has 0 aliphatic carbocycles. The van der Waals surface area contributed by atoms with E-state index in [1.807, 2.05) is 0 Å². The number of ether oxygens (including phenoxy) is 4. The fraction of sp³-hybridized carbons (Fsp3) is 0.951. The second-order valence-corrected chi connectivity index (χ2v) is 32.8. The molecule has 0 rings (SSSR count). The Labute approximate surface area is 613 Å². The van der Waals surface area contributed by atoms with E-state index in [2.05, 4.69) is 41.5 Å². The number of aliphatic hydroxyl groups excluding tert-OH is 1. The molecule has 0 aliphatic rings. The first kappa shape index (κ1) is 98.1. The fourth-order valence-corrected chi connectivity index (χ4v) is 14.1. The smallest absolute Gasteiger partial charge is 0.462 e. The third kappa shape index (κ3) is 73.0. The van der Waals surface area contributed by atoms with Crippen LogP contribution in [0.2, 0.25) is 0 Å². The number of aliphatic hydroxyl groups is 1. The van der Waals surface area contributed by atoms with Crippen LogP contribution in [0.1, 0.15) is 427 Å². The Balaban J connectivity index is 5.22. The Bertz CT molecular complexity index is 1930. The molecule has 0 aromatic rings. The Morgan fingerprint density at radius 3 is 0.760 bits per heavy atom. The minimum atomic E-state index is -4.96. The number of phosphoric ester groups is 2. The van der Waals surface area contributed by atoms with E-state index in [-0.39, 0.29) is 25.7 Å². The van der Waals surface area contributed by atoms with Gasteiger partial charge in [-0.1, -0.05) is 375 Å². The average molecular weight is 1470 g/mol. The van der Waals surface area contributed by atoms with E-state index in [1.54, 1.807) is 0 Å². The molecule has 0 radical (unpaired) electrons. The van der Waals surface area contributed by atoms with Gasteiger partial charge in [0.2, 0.25) is 0 Å². The summed E-state index contributed by atoms with van der Waals surface area (Å²) in [7, 11) is -9.92. The molecule has 3 unspecified atom stereocenters. The zero-order valence-corrected chi connectivity index (χ0v) is 67.3. The van der Waals surface area contributed by atoms with Crippen molar-refractivity contribution in [3.8, 4) is 0 Å². The molecule has 0 saturated carbocycles. The molecule has 3 N–H and O–H groups in total. The van der Waals surface area contributed by atoms with Crippen molar-refractivity contribution in [1.82, 2.24) is 0 Å². The predicted molar refractivity (Wildman–Crippen MR) is 409 cm³/mol. The van der Waals surface area contributed by atoms with Crippen LogP contribution >= 0.6 is 15.6 Å². The molecular weight excluding hydrogens is 1310 g/mol. The lowest BCUT2D eigenvalue weighted by atomic mass is 9.99. The summed E-state index contributed by atoms with van der Waals surface area (Å²) in [5.41, 5.74) is 0. The number of hydrogen-bond donors (Lipinski definition) is 3. The maximum absolute atomic E-state index is 13.1. The van der Waals surface area contributed by atoms with Crippen molar-refractivity contribution in [2.75, 3.05) is 39.6 Å². The lowest BCUT2D eigenvalue weighted by molar-refractivity contribution is -0.161. The molecular formula is C81H158O17P2. The summed E-state index contributed by atoms with van der Waals surface area (Å²) in [6.07, 6.45) is 62.4. The molecule has 0 bridgehead atoms. The third-order valence-electron chi connectivity index (χ3n) is 19.3. The van der Waals surface area contributed by atoms with E-state index in [0.29, 0.717) is 25.7 Å². The topological polar surface area (TPSA) is 237 Å². The largest absolute Gasteiger partial charge is 0.472 e. The molecule has 594 valence electrons. The monoisotopic (exact) mass is 1470 g/mol. The molecule has 0 amide bonds. The van der Waals surface area contributed by atoms with Crippen molar-refractivity contribution >= 4 is 39.5 Å². The summed E-state index contributed by atoms with van der Waals surface area (Å²) in [5, 5.41) is 10.6. The Kier molecular flexibility index (Phi) is 71.2. The van der Waals surface area contributed by atoms with Crippen molar-refractivity contribution in [3.05, 3.63) is 0 Å². The van der Waals surface area contributed by atoms with Crippen LogP contribution < -0.4 is 0 Å². The number of carbonyl (C=O) groups is 4. The van der Waals surface area contributed by atoms with Gasteiger partial charge in [0.25, 0.3) is 0 Å². The molecule has 100 heavy (non-hydrogen) atoms. The molecule has 0 heterocycles. The molecule has 0 fully saturated rings. The second kappa shape index (κ2) is 72.6. The van der Waals surface area contributed by atoms with E-state index < -0.39 is 97.5 Å². The normalized spacial score (nSPS) is 14.2. The van der Waals surface area contributed by atoms with Gasteiger partial charge in [0.05, 0.1) is 26.4 Å². The molecule has 0 spiro atoms.